The maximum atomic E-state index is 6.01. The third kappa shape index (κ3) is 2.98. The molecule has 108 valence electrons. The van der Waals surface area contributed by atoms with Crippen molar-refractivity contribution in [3.05, 3.63) is 35.9 Å². The fraction of sp³-hybridized carbons (Fsp3) is 0.529. The first-order valence-electron chi connectivity index (χ1n) is 7.70. The quantitative estimate of drug-likeness (QED) is 0.831. The van der Waals surface area contributed by atoms with E-state index in [4.69, 9.17) is 9.47 Å². The average Bonchev–Trinajstić information content (AvgIpc) is 2.88. The lowest BCUT2D eigenvalue weighted by Gasteiger charge is -2.19. The van der Waals surface area contributed by atoms with E-state index in [0.29, 0.717) is 6.04 Å². The molecule has 0 aromatic heterocycles. The van der Waals surface area contributed by atoms with E-state index in [2.05, 4.69) is 36.5 Å². The highest BCUT2D eigenvalue weighted by Gasteiger charge is 2.24. The van der Waals surface area contributed by atoms with E-state index < -0.39 is 0 Å². The normalized spacial score (nSPS) is 24.2. The summed E-state index contributed by atoms with van der Waals surface area (Å²) in [4.78, 5) is 0. The first-order valence-corrected chi connectivity index (χ1v) is 7.70. The first-order chi connectivity index (χ1) is 9.86. The molecule has 0 radical (unpaired) electrons. The Morgan fingerprint density at radius 2 is 2.35 bits per heavy atom. The number of benzene rings is 1. The van der Waals surface area contributed by atoms with E-state index in [1.54, 1.807) is 0 Å². The van der Waals surface area contributed by atoms with Gasteiger partial charge in [-0.05, 0) is 50.4 Å². The highest BCUT2D eigenvalue weighted by molar-refractivity contribution is 5.45. The molecule has 3 heteroatoms. The lowest BCUT2D eigenvalue weighted by molar-refractivity contribution is 0.228. The van der Waals surface area contributed by atoms with E-state index in [0.717, 1.165) is 37.5 Å². The molecule has 0 bridgehead atoms. The van der Waals surface area contributed by atoms with Gasteiger partial charge in [-0.25, -0.2) is 0 Å². The Kier molecular flexibility index (Phi) is 4.26. The van der Waals surface area contributed by atoms with Crippen LogP contribution < -0.4 is 14.8 Å². The molecular weight excluding hydrogens is 250 g/mol. The maximum absolute atomic E-state index is 6.01. The van der Waals surface area contributed by atoms with E-state index in [1.807, 2.05) is 6.07 Å². The Bertz CT molecular complexity index is 484. The Labute approximate surface area is 121 Å². The molecule has 2 atom stereocenters. The van der Waals surface area contributed by atoms with Crippen LogP contribution in [0.5, 0.6) is 11.5 Å². The summed E-state index contributed by atoms with van der Waals surface area (Å²) in [6.45, 7) is 3.93. The Hall–Kier alpha value is -1.48. The molecule has 1 aliphatic carbocycles. The van der Waals surface area contributed by atoms with Crippen LogP contribution in [0.15, 0.2) is 30.4 Å². The molecule has 1 heterocycles. The molecule has 2 unspecified atom stereocenters. The first kappa shape index (κ1) is 13.5. The summed E-state index contributed by atoms with van der Waals surface area (Å²) in [6.07, 6.45) is 9.24. The van der Waals surface area contributed by atoms with Gasteiger partial charge < -0.3 is 14.8 Å². The van der Waals surface area contributed by atoms with Crippen LogP contribution in [0, 0.1) is 0 Å². The minimum Gasteiger partial charge on any atom is -0.491 e. The number of ether oxygens (including phenoxy) is 2. The zero-order valence-corrected chi connectivity index (χ0v) is 12.1. The zero-order valence-electron chi connectivity index (χ0n) is 12.1. The molecule has 3 rings (SSSR count). The zero-order chi connectivity index (χ0) is 13.8. The second-order valence-corrected chi connectivity index (χ2v) is 5.53. The molecule has 3 nitrogen and oxygen atoms in total. The molecular formula is C17H23NO2. The number of allylic oxidation sites excluding steroid dienone is 1. The average molecular weight is 273 g/mol. The van der Waals surface area contributed by atoms with Gasteiger partial charge in [0.05, 0.1) is 6.04 Å². The lowest BCUT2D eigenvalue weighted by Crippen LogP contribution is -2.23. The third-order valence-electron chi connectivity index (χ3n) is 3.90. The summed E-state index contributed by atoms with van der Waals surface area (Å²) in [6, 6.07) is 6.56. The minimum absolute atomic E-state index is 0.220. The summed E-state index contributed by atoms with van der Waals surface area (Å²) >= 11 is 0. The second kappa shape index (κ2) is 6.31. The standard InChI is InChI=1S/C17H23NO2/c1-2-10-18-16-12-19-17-11-14(8-9-15(16)17)20-13-6-4-3-5-7-13/h4,6,8-9,11,13,16,18H,2-3,5,7,10,12H2,1H3. The van der Waals surface area contributed by atoms with Crippen molar-refractivity contribution in [3.63, 3.8) is 0 Å². The molecule has 1 aromatic rings. The number of rotatable bonds is 5. The number of hydrogen-bond acceptors (Lipinski definition) is 3. The van der Waals surface area contributed by atoms with Gasteiger partial charge in [-0.1, -0.05) is 13.0 Å². The van der Waals surface area contributed by atoms with Crippen molar-refractivity contribution in [3.8, 4) is 11.5 Å². The van der Waals surface area contributed by atoms with Gasteiger partial charge in [-0.15, -0.1) is 0 Å². The smallest absolute Gasteiger partial charge is 0.128 e. The number of fused-ring (bicyclic) bond motifs is 1. The van der Waals surface area contributed by atoms with Gasteiger partial charge in [0.2, 0.25) is 0 Å². The van der Waals surface area contributed by atoms with Gasteiger partial charge in [0.1, 0.15) is 24.2 Å². The fourth-order valence-electron chi connectivity index (χ4n) is 2.81. The maximum Gasteiger partial charge on any atom is 0.128 e. The molecule has 20 heavy (non-hydrogen) atoms. The van der Waals surface area contributed by atoms with Gasteiger partial charge in [-0.2, -0.15) is 0 Å². The van der Waals surface area contributed by atoms with Crippen LogP contribution in [0.3, 0.4) is 0 Å². The molecule has 0 amide bonds. The van der Waals surface area contributed by atoms with Crippen LogP contribution in [0.25, 0.3) is 0 Å². The van der Waals surface area contributed by atoms with E-state index in [9.17, 15) is 0 Å². The van der Waals surface area contributed by atoms with Crippen LogP contribution in [0.1, 0.15) is 44.2 Å². The van der Waals surface area contributed by atoms with Crippen LogP contribution in [0.2, 0.25) is 0 Å². The van der Waals surface area contributed by atoms with Crippen LogP contribution >= 0.6 is 0 Å². The van der Waals surface area contributed by atoms with Crippen molar-refractivity contribution in [2.75, 3.05) is 13.2 Å². The summed E-state index contributed by atoms with van der Waals surface area (Å²) < 4.78 is 11.8. The summed E-state index contributed by atoms with van der Waals surface area (Å²) in [5.74, 6) is 1.88. The summed E-state index contributed by atoms with van der Waals surface area (Å²) in [5.41, 5.74) is 1.25. The summed E-state index contributed by atoms with van der Waals surface area (Å²) in [7, 11) is 0. The topological polar surface area (TPSA) is 30.5 Å². The van der Waals surface area contributed by atoms with Crippen LogP contribution in [-0.2, 0) is 0 Å². The Morgan fingerprint density at radius 1 is 1.40 bits per heavy atom. The van der Waals surface area contributed by atoms with E-state index >= 15 is 0 Å². The highest BCUT2D eigenvalue weighted by atomic mass is 16.5. The van der Waals surface area contributed by atoms with Crippen molar-refractivity contribution < 1.29 is 9.47 Å². The summed E-state index contributed by atoms with van der Waals surface area (Å²) in [5, 5.41) is 3.51. The monoisotopic (exact) mass is 273 g/mol. The third-order valence-corrected chi connectivity index (χ3v) is 3.90. The second-order valence-electron chi connectivity index (χ2n) is 5.53. The van der Waals surface area contributed by atoms with Crippen LogP contribution in [-0.4, -0.2) is 19.3 Å². The van der Waals surface area contributed by atoms with E-state index in [1.165, 1.54) is 18.4 Å². The van der Waals surface area contributed by atoms with E-state index in [-0.39, 0.29) is 6.10 Å². The predicted molar refractivity (Wildman–Crippen MR) is 80.4 cm³/mol. The van der Waals surface area contributed by atoms with Crippen molar-refractivity contribution in [1.29, 1.82) is 0 Å². The largest absolute Gasteiger partial charge is 0.491 e. The lowest BCUT2D eigenvalue weighted by atomic mass is 10.1. The molecule has 2 aliphatic rings. The van der Waals surface area contributed by atoms with Crippen molar-refractivity contribution in [2.45, 2.75) is 44.8 Å². The van der Waals surface area contributed by atoms with Crippen molar-refractivity contribution >= 4 is 0 Å². The number of hydrogen-bond donors (Lipinski definition) is 1. The van der Waals surface area contributed by atoms with Crippen molar-refractivity contribution in [1.82, 2.24) is 5.32 Å². The fourth-order valence-corrected chi connectivity index (χ4v) is 2.81. The molecule has 0 saturated heterocycles. The minimum atomic E-state index is 0.220. The molecule has 1 aliphatic heterocycles. The van der Waals surface area contributed by atoms with Gasteiger partial charge in [-0.3, -0.25) is 0 Å². The van der Waals surface area contributed by atoms with Gasteiger partial charge >= 0.3 is 0 Å². The number of nitrogens with one attached hydrogen (secondary N) is 1. The van der Waals surface area contributed by atoms with Gasteiger partial charge in [0.25, 0.3) is 0 Å². The van der Waals surface area contributed by atoms with Gasteiger partial charge in [0.15, 0.2) is 0 Å². The molecule has 1 N–H and O–H groups in total. The Balaban J connectivity index is 1.67. The molecule has 0 fully saturated rings. The molecule has 1 aromatic carbocycles. The highest BCUT2D eigenvalue weighted by Crippen LogP contribution is 2.35. The van der Waals surface area contributed by atoms with Gasteiger partial charge in [0, 0.05) is 11.6 Å². The van der Waals surface area contributed by atoms with Crippen molar-refractivity contribution in [2.24, 2.45) is 0 Å². The van der Waals surface area contributed by atoms with Crippen LogP contribution in [0.4, 0.5) is 0 Å². The SMILES string of the molecule is CCCNC1COc2cc(OC3C=CCCC3)ccc21. The molecule has 0 saturated carbocycles. The Morgan fingerprint density at radius 3 is 3.15 bits per heavy atom. The molecule has 0 spiro atoms. The predicted octanol–water partition coefficient (Wildman–Crippen LogP) is 3.61.